The third kappa shape index (κ3) is 10.7. The van der Waals surface area contributed by atoms with E-state index in [1.165, 1.54) is 0 Å². The molecule has 0 aliphatic carbocycles. The fraction of sp³-hybridized carbons (Fsp3) is 0.588. The van der Waals surface area contributed by atoms with Crippen molar-refractivity contribution in [3.63, 3.8) is 0 Å². The highest BCUT2D eigenvalue weighted by Gasteiger charge is 2.36. The number of thiazole rings is 1. The van der Waals surface area contributed by atoms with Crippen LogP contribution >= 0.6 is 11.3 Å². The number of carbonyl (C=O) groups excluding carboxylic acids is 1. The lowest BCUT2D eigenvalue weighted by atomic mass is 10.1. The molecule has 1 N–H and O–H groups in total. The predicted molar refractivity (Wildman–Crippen MR) is 197 cm³/mol. The number of carboxylic acids is 1. The second-order valence-corrected chi connectivity index (χ2v) is 27.9. The molecule has 0 unspecified atom stereocenters. The number of anilines is 2. The van der Waals surface area contributed by atoms with E-state index in [1.807, 2.05) is 60.7 Å². The van der Waals surface area contributed by atoms with Gasteiger partial charge in [-0.05, 0) is 57.8 Å². The number of benzene rings is 1. The lowest BCUT2D eigenvalue weighted by molar-refractivity contribution is 0.0204. The maximum absolute atomic E-state index is 13.2. The first kappa shape index (κ1) is 37.8. The first-order valence-electron chi connectivity index (χ1n) is 16.7. The zero-order valence-electron chi connectivity index (χ0n) is 30.0. The summed E-state index contributed by atoms with van der Waals surface area (Å²) in [7, 11) is -2.56. The van der Waals surface area contributed by atoms with Gasteiger partial charge in [0.15, 0.2) is 10.7 Å². The van der Waals surface area contributed by atoms with Crippen molar-refractivity contribution in [1.82, 2.24) is 19.4 Å². The van der Waals surface area contributed by atoms with Gasteiger partial charge >= 0.3 is 12.1 Å². The maximum atomic E-state index is 13.2. The number of aromatic nitrogens is 3. The number of rotatable bonds is 15. The van der Waals surface area contributed by atoms with Crippen molar-refractivity contribution < 1.29 is 28.9 Å². The second kappa shape index (κ2) is 15.7. The third-order valence-corrected chi connectivity index (χ3v) is 12.1. The van der Waals surface area contributed by atoms with E-state index >= 15 is 0 Å². The molecule has 3 aromatic rings. The molecule has 264 valence electrons. The zero-order chi connectivity index (χ0) is 35.3. The molecular weight excluding hydrogens is 663 g/mol. The molecule has 4 rings (SSSR count). The number of carboxylic acid groups (broad SMARTS) is 1. The van der Waals surface area contributed by atoms with Gasteiger partial charge in [-0.2, -0.15) is 0 Å². The molecule has 1 atom stereocenters. The van der Waals surface area contributed by atoms with Gasteiger partial charge in [0.1, 0.15) is 24.9 Å². The third-order valence-electron chi connectivity index (χ3n) is 7.90. The van der Waals surface area contributed by atoms with Crippen LogP contribution in [-0.2, 0) is 20.9 Å². The van der Waals surface area contributed by atoms with Crippen molar-refractivity contribution in [2.24, 2.45) is 0 Å². The number of nitrogens with zero attached hydrogens (tertiary/aromatic N) is 5. The van der Waals surface area contributed by atoms with Crippen LogP contribution in [0.5, 0.6) is 0 Å². The van der Waals surface area contributed by atoms with Crippen LogP contribution in [-0.4, -0.2) is 84.8 Å². The highest BCUT2D eigenvalue weighted by atomic mass is 32.1. The fourth-order valence-corrected chi connectivity index (χ4v) is 7.38. The molecule has 3 heterocycles. The summed E-state index contributed by atoms with van der Waals surface area (Å²) in [6, 6.07) is 9.65. The molecule has 1 saturated heterocycles. The maximum Gasteiger partial charge on any atom is 0.410 e. The van der Waals surface area contributed by atoms with Gasteiger partial charge in [0.25, 0.3) is 0 Å². The highest BCUT2D eigenvalue weighted by molar-refractivity contribution is 7.12. The molecule has 0 saturated carbocycles. The summed E-state index contributed by atoms with van der Waals surface area (Å²) in [5.41, 5.74) is 3.37. The Morgan fingerprint density at radius 3 is 2.27 bits per heavy atom. The van der Waals surface area contributed by atoms with E-state index in [2.05, 4.69) is 44.3 Å². The van der Waals surface area contributed by atoms with Crippen LogP contribution in [0.15, 0.2) is 36.0 Å². The number of ether oxygens (including phenoxy) is 3. The van der Waals surface area contributed by atoms with Crippen molar-refractivity contribution in [3.05, 3.63) is 46.7 Å². The van der Waals surface area contributed by atoms with Gasteiger partial charge in [-0.15, -0.1) is 11.3 Å². The van der Waals surface area contributed by atoms with E-state index < -0.39 is 27.7 Å². The minimum atomic E-state index is -1.30. The van der Waals surface area contributed by atoms with E-state index in [-0.39, 0.29) is 23.7 Å². The number of likely N-dealkylation sites (tertiary alicyclic amines) is 1. The van der Waals surface area contributed by atoms with E-state index in [9.17, 15) is 14.7 Å². The van der Waals surface area contributed by atoms with Crippen molar-refractivity contribution >= 4 is 51.1 Å². The molecule has 48 heavy (non-hydrogen) atoms. The summed E-state index contributed by atoms with van der Waals surface area (Å²) < 4.78 is 20.0. The lowest BCUT2D eigenvalue weighted by Gasteiger charge is -2.28. The highest BCUT2D eigenvalue weighted by Crippen LogP contribution is 2.36. The molecule has 14 heteroatoms. The first-order valence-corrected chi connectivity index (χ1v) is 25.0. The smallest absolute Gasteiger partial charge is 0.410 e. The average molecular weight is 716 g/mol. The van der Waals surface area contributed by atoms with Crippen molar-refractivity contribution in [1.29, 1.82) is 0 Å². The lowest BCUT2D eigenvalue weighted by Crippen LogP contribution is -2.37. The van der Waals surface area contributed by atoms with Crippen molar-refractivity contribution in [2.75, 3.05) is 31.4 Å². The SMILES string of the molecule is CC(C)(C)OC(=O)N1CCC[C@H]1c1nc(-c2ccc(N(COCC[Si](C)(C)C)c3ncsc3C(=O)O)cc2)cn1COCC[Si](C)(C)C. The molecule has 0 bridgehead atoms. The number of imidazole rings is 1. The molecule has 1 fully saturated rings. The van der Waals surface area contributed by atoms with Gasteiger partial charge < -0.3 is 28.8 Å². The fourth-order valence-electron chi connectivity index (χ4n) is 5.24. The Labute approximate surface area is 291 Å². The van der Waals surface area contributed by atoms with E-state index in [4.69, 9.17) is 19.2 Å². The van der Waals surface area contributed by atoms with Gasteiger partial charge in [0.2, 0.25) is 0 Å². The van der Waals surface area contributed by atoms with Gasteiger partial charge in [0, 0.05) is 53.4 Å². The molecule has 1 amide bonds. The van der Waals surface area contributed by atoms with Crippen LogP contribution in [0.3, 0.4) is 0 Å². The second-order valence-electron chi connectivity index (χ2n) is 15.8. The van der Waals surface area contributed by atoms with E-state index in [0.29, 0.717) is 32.3 Å². The molecule has 2 aromatic heterocycles. The van der Waals surface area contributed by atoms with Gasteiger partial charge in [-0.25, -0.2) is 19.6 Å². The Balaban J connectivity index is 1.62. The quantitative estimate of drug-likeness (QED) is 0.0938. The Hall–Kier alpha value is -3.05. The van der Waals surface area contributed by atoms with Crippen LogP contribution < -0.4 is 4.90 Å². The monoisotopic (exact) mass is 715 g/mol. The van der Waals surface area contributed by atoms with Crippen LogP contribution in [0.4, 0.5) is 16.3 Å². The topological polar surface area (TPSA) is 119 Å². The number of aromatic carboxylic acids is 1. The Morgan fingerprint density at radius 1 is 1.02 bits per heavy atom. The summed E-state index contributed by atoms with van der Waals surface area (Å²) in [5.74, 6) is 0.115. The molecule has 1 aliphatic heterocycles. The molecule has 11 nitrogen and oxygen atoms in total. The van der Waals surface area contributed by atoms with Gasteiger partial charge in [-0.1, -0.05) is 51.4 Å². The molecular formula is C34H53N5O6SSi2. The summed E-state index contributed by atoms with van der Waals surface area (Å²) in [6.07, 6.45) is 3.31. The van der Waals surface area contributed by atoms with Crippen LogP contribution in [0.25, 0.3) is 11.3 Å². The number of hydrogen-bond acceptors (Lipinski definition) is 9. The summed E-state index contributed by atoms with van der Waals surface area (Å²) in [4.78, 5) is 38.4. The zero-order valence-corrected chi connectivity index (χ0v) is 32.9. The normalized spacial score (nSPS) is 15.6. The van der Waals surface area contributed by atoms with Crippen LogP contribution in [0, 0.1) is 0 Å². The molecule has 0 spiro atoms. The van der Waals surface area contributed by atoms with Crippen molar-refractivity contribution in [2.45, 2.75) is 103 Å². The molecule has 1 aliphatic rings. The number of hydrogen-bond donors (Lipinski definition) is 1. The number of amides is 1. The Morgan fingerprint density at radius 2 is 1.67 bits per heavy atom. The van der Waals surface area contributed by atoms with E-state index in [0.717, 1.165) is 59.0 Å². The standard InChI is InChI=1S/C34H53N5O6SSi2/c1-34(2,3)45-33(42)38-16-10-11-28(38)30-36-27(21-37(30)23-43-17-19-47(4,5)6)25-12-14-26(15-13-25)39(24-44-18-20-48(7,8)9)31-29(32(40)41)46-22-35-31/h12-15,21-22,28H,10-11,16-20,23-24H2,1-9H3,(H,40,41)/t28-/m0/s1. The minimum Gasteiger partial charge on any atom is -0.477 e. The average Bonchev–Trinajstić information content (AvgIpc) is 3.73. The summed E-state index contributed by atoms with van der Waals surface area (Å²) in [5, 5.41) is 9.82. The molecule has 0 radical (unpaired) electrons. The minimum absolute atomic E-state index is 0.163. The van der Waals surface area contributed by atoms with Gasteiger partial charge in [-0.3, -0.25) is 4.90 Å². The van der Waals surface area contributed by atoms with Gasteiger partial charge in [0.05, 0.1) is 17.2 Å². The Bertz CT molecular complexity index is 1520. The first-order chi connectivity index (χ1) is 22.4. The number of carbonyl (C=O) groups is 2. The Kier molecular flexibility index (Phi) is 12.3. The summed E-state index contributed by atoms with van der Waals surface area (Å²) >= 11 is 1.09. The predicted octanol–water partition coefficient (Wildman–Crippen LogP) is 8.54. The van der Waals surface area contributed by atoms with Crippen LogP contribution in [0.2, 0.25) is 51.4 Å². The van der Waals surface area contributed by atoms with Crippen LogP contribution in [0.1, 0.15) is 55.2 Å². The van der Waals surface area contributed by atoms with E-state index in [1.54, 1.807) is 10.4 Å². The summed E-state index contributed by atoms with van der Waals surface area (Å²) in [6.45, 7) is 21.9. The molecule has 1 aromatic carbocycles. The largest absolute Gasteiger partial charge is 0.477 e. The van der Waals surface area contributed by atoms with Crippen molar-refractivity contribution in [3.8, 4) is 11.3 Å².